The molecule has 0 fully saturated rings. The van der Waals surface area contributed by atoms with Crippen LogP contribution in [0.4, 0.5) is 5.13 Å². The van der Waals surface area contributed by atoms with Gasteiger partial charge in [-0.15, -0.1) is 11.3 Å². The average molecular weight is 308 g/mol. The van der Waals surface area contributed by atoms with Crippen LogP contribution in [0.5, 0.6) is 0 Å². The van der Waals surface area contributed by atoms with Crippen LogP contribution in [0.25, 0.3) is 0 Å². The van der Waals surface area contributed by atoms with Gasteiger partial charge in [-0.3, -0.25) is 4.79 Å². The van der Waals surface area contributed by atoms with Crippen molar-refractivity contribution in [3.8, 4) is 0 Å². The van der Waals surface area contributed by atoms with Crippen LogP contribution in [0.3, 0.4) is 0 Å². The number of rotatable bonds is 2. The Morgan fingerprint density at radius 2 is 2.35 bits per heavy atom. The average Bonchev–Trinajstić information content (AvgIpc) is 2.78. The van der Waals surface area contributed by atoms with Crippen molar-refractivity contribution in [2.75, 3.05) is 5.73 Å². The van der Waals surface area contributed by atoms with Gasteiger partial charge >= 0.3 is 0 Å². The molecule has 2 aromatic rings. The maximum atomic E-state index is 12.2. The molecule has 3 N–H and O–H groups in total. The molecule has 20 heavy (non-hydrogen) atoms. The molecule has 0 aliphatic heterocycles. The van der Waals surface area contributed by atoms with Gasteiger partial charge in [0.25, 0.3) is 5.91 Å². The molecule has 1 heterocycles. The lowest BCUT2D eigenvalue weighted by Gasteiger charge is -2.22. The number of fused-ring (bicyclic) bond motifs is 1. The molecule has 0 saturated carbocycles. The van der Waals surface area contributed by atoms with Crippen LogP contribution in [0.15, 0.2) is 24.3 Å². The van der Waals surface area contributed by atoms with Gasteiger partial charge in [-0.25, -0.2) is 4.98 Å². The SMILES string of the molecule is Nc1nc2c(s1)CC(NC(=O)c1cccc(Cl)c1)CC2. The van der Waals surface area contributed by atoms with E-state index in [-0.39, 0.29) is 11.9 Å². The molecule has 0 radical (unpaired) electrons. The summed E-state index contributed by atoms with van der Waals surface area (Å²) in [6.07, 6.45) is 2.56. The van der Waals surface area contributed by atoms with E-state index in [1.54, 1.807) is 24.3 Å². The molecule has 0 saturated heterocycles. The Morgan fingerprint density at radius 1 is 1.50 bits per heavy atom. The van der Waals surface area contributed by atoms with Crippen molar-refractivity contribution < 1.29 is 4.79 Å². The minimum absolute atomic E-state index is 0.0848. The molecule has 1 aliphatic rings. The highest BCUT2D eigenvalue weighted by molar-refractivity contribution is 7.15. The number of thiazole rings is 1. The van der Waals surface area contributed by atoms with Gasteiger partial charge < -0.3 is 11.1 Å². The number of nitrogens with one attached hydrogen (secondary N) is 1. The highest BCUT2D eigenvalue weighted by Gasteiger charge is 2.23. The molecule has 1 aromatic carbocycles. The van der Waals surface area contributed by atoms with E-state index in [9.17, 15) is 4.79 Å². The largest absolute Gasteiger partial charge is 0.375 e. The lowest BCUT2D eigenvalue weighted by atomic mass is 9.97. The summed E-state index contributed by atoms with van der Waals surface area (Å²) in [4.78, 5) is 17.7. The van der Waals surface area contributed by atoms with Crippen molar-refractivity contribution in [1.29, 1.82) is 0 Å². The molecule has 1 unspecified atom stereocenters. The maximum absolute atomic E-state index is 12.2. The summed E-state index contributed by atoms with van der Waals surface area (Å²) >= 11 is 7.41. The molecule has 0 spiro atoms. The van der Waals surface area contributed by atoms with Gasteiger partial charge in [0, 0.05) is 27.9 Å². The molecular formula is C14H14ClN3OS. The maximum Gasteiger partial charge on any atom is 0.251 e. The number of hydrogen-bond donors (Lipinski definition) is 2. The fourth-order valence-corrected chi connectivity index (χ4v) is 3.57. The number of benzene rings is 1. The van der Waals surface area contributed by atoms with E-state index in [0.29, 0.717) is 15.7 Å². The van der Waals surface area contributed by atoms with E-state index >= 15 is 0 Å². The van der Waals surface area contributed by atoms with E-state index in [1.165, 1.54) is 16.2 Å². The molecule has 1 amide bonds. The summed E-state index contributed by atoms with van der Waals surface area (Å²) in [6, 6.07) is 7.11. The summed E-state index contributed by atoms with van der Waals surface area (Å²) in [5, 5.41) is 4.23. The monoisotopic (exact) mass is 307 g/mol. The fraction of sp³-hybridized carbons (Fsp3) is 0.286. The summed E-state index contributed by atoms with van der Waals surface area (Å²) in [5.74, 6) is -0.0848. The van der Waals surface area contributed by atoms with Crippen molar-refractivity contribution in [1.82, 2.24) is 10.3 Å². The Bertz CT molecular complexity index is 656. The zero-order chi connectivity index (χ0) is 14.1. The third-order valence-corrected chi connectivity index (χ3v) is 4.56. The first-order valence-electron chi connectivity index (χ1n) is 6.42. The summed E-state index contributed by atoms with van der Waals surface area (Å²) in [6.45, 7) is 0. The number of nitrogen functional groups attached to an aromatic ring is 1. The Hall–Kier alpha value is -1.59. The van der Waals surface area contributed by atoms with E-state index in [1.807, 2.05) is 0 Å². The van der Waals surface area contributed by atoms with Crippen LogP contribution in [0, 0.1) is 0 Å². The summed E-state index contributed by atoms with van der Waals surface area (Å²) < 4.78 is 0. The number of aromatic nitrogens is 1. The second-order valence-electron chi connectivity index (χ2n) is 4.85. The van der Waals surface area contributed by atoms with Crippen LogP contribution in [-0.4, -0.2) is 16.9 Å². The van der Waals surface area contributed by atoms with E-state index in [2.05, 4.69) is 10.3 Å². The molecule has 1 aliphatic carbocycles. The predicted octanol–water partition coefficient (Wildman–Crippen LogP) is 2.67. The van der Waals surface area contributed by atoms with Crippen LogP contribution < -0.4 is 11.1 Å². The molecule has 1 atom stereocenters. The predicted molar refractivity (Wildman–Crippen MR) is 81.3 cm³/mol. The van der Waals surface area contributed by atoms with E-state index in [4.69, 9.17) is 17.3 Å². The molecule has 3 rings (SSSR count). The first-order chi connectivity index (χ1) is 9.61. The van der Waals surface area contributed by atoms with Crippen molar-refractivity contribution >= 4 is 34.0 Å². The van der Waals surface area contributed by atoms with Gasteiger partial charge in [0.2, 0.25) is 0 Å². The Kier molecular flexibility index (Phi) is 3.63. The zero-order valence-corrected chi connectivity index (χ0v) is 12.3. The number of anilines is 1. The lowest BCUT2D eigenvalue weighted by molar-refractivity contribution is 0.0934. The third kappa shape index (κ3) is 2.78. The highest BCUT2D eigenvalue weighted by atomic mass is 35.5. The summed E-state index contributed by atoms with van der Waals surface area (Å²) in [7, 11) is 0. The highest BCUT2D eigenvalue weighted by Crippen LogP contribution is 2.28. The van der Waals surface area contributed by atoms with E-state index < -0.39 is 0 Å². The van der Waals surface area contributed by atoms with Crippen molar-refractivity contribution in [3.05, 3.63) is 45.4 Å². The number of nitrogens with zero attached hydrogens (tertiary/aromatic N) is 1. The number of aryl methyl sites for hydroxylation is 1. The molecule has 104 valence electrons. The van der Waals surface area contributed by atoms with Crippen LogP contribution in [0.2, 0.25) is 5.02 Å². The van der Waals surface area contributed by atoms with Crippen LogP contribution in [0.1, 0.15) is 27.3 Å². The molecular weight excluding hydrogens is 294 g/mol. The van der Waals surface area contributed by atoms with Crippen LogP contribution >= 0.6 is 22.9 Å². The second kappa shape index (κ2) is 5.42. The van der Waals surface area contributed by atoms with Crippen LogP contribution in [-0.2, 0) is 12.8 Å². The van der Waals surface area contributed by atoms with Gasteiger partial charge in [0.1, 0.15) is 0 Å². The summed E-state index contributed by atoms with van der Waals surface area (Å²) in [5.41, 5.74) is 7.39. The minimum Gasteiger partial charge on any atom is -0.375 e. The number of carbonyl (C=O) groups is 1. The van der Waals surface area contributed by atoms with Gasteiger partial charge in [0.05, 0.1) is 5.69 Å². The smallest absolute Gasteiger partial charge is 0.251 e. The Labute approximate surface area is 126 Å². The van der Waals surface area contributed by atoms with Gasteiger partial charge in [-0.2, -0.15) is 0 Å². The normalized spacial score (nSPS) is 17.6. The first-order valence-corrected chi connectivity index (χ1v) is 7.62. The minimum atomic E-state index is -0.0848. The molecule has 4 nitrogen and oxygen atoms in total. The van der Waals surface area contributed by atoms with E-state index in [0.717, 1.165) is 25.0 Å². The molecule has 0 bridgehead atoms. The van der Waals surface area contributed by atoms with Crippen molar-refractivity contribution in [2.24, 2.45) is 0 Å². The van der Waals surface area contributed by atoms with Gasteiger partial charge in [-0.1, -0.05) is 17.7 Å². The second-order valence-corrected chi connectivity index (χ2v) is 6.40. The van der Waals surface area contributed by atoms with Gasteiger partial charge in [0.15, 0.2) is 5.13 Å². The molecule has 1 aromatic heterocycles. The van der Waals surface area contributed by atoms with Gasteiger partial charge in [-0.05, 0) is 31.0 Å². The number of hydrogen-bond acceptors (Lipinski definition) is 4. The molecule has 6 heteroatoms. The Morgan fingerprint density at radius 3 is 3.15 bits per heavy atom. The van der Waals surface area contributed by atoms with Crippen molar-refractivity contribution in [3.63, 3.8) is 0 Å². The number of carbonyl (C=O) groups excluding carboxylic acids is 1. The van der Waals surface area contributed by atoms with Crippen molar-refractivity contribution in [2.45, 2.75) is 25.3 Å². The Balaban J connectivity index is 1.69. The number of amides is 1. The quantitative estimate of drug-likeness (QED) is 0.896. The topological polar surface area (TPSA) is 68.0 Å². The fourth-order valence-electron chi connectivity index (χ4n) is 2.42. The number of halogens is 1. The standard InChI is InChI=1S/C14H14ClN3OS/c15-9-3-1-2-8(6-9)13(19)17-10-4-5-11-12(7-10)20-14(16)18-11/h1-3,6,10H,4-5,7H2,(H2,16,18)(H,17,19). The third-order valence-electron chi connectivity index (χ3n) is 3.38. The number of nitrogens with two attached hydrogens (primary N) is 1. The zero-order valence-electron chi connectivity index (χ0n) is 10.7. The first kappa shape index (κ1) is 13.4. The lowest BCUT2D eigenvalue weighted by Crippen LogP contribution is -2.38.